The molecule has 0 atom stereocenters. The molecule has 2 aromatic heterocycles. The summed E-state index contributed by atoms with van der Waals surface area (Å²) in [6.07, 6.45) is 0.899. The smallest absolute Gasteiger partial charge is 0.191 e. The van der Waals surface area contributed by atoms with Crippen LogP contribution >= 0.6 is 46.7 Å². The summed E-state index contributed by atoms with van der Waals surface area (Å²) in [5.41, 5.74) is 2.37. The zero-order valence-electron chi connectivity index (χ0n) is 14.8. The minimum Gasteiger partial charge on any atom is -0.356 e. The lowest BCUT2D eigenvalue weighted by Crippen LogP contribution is -2.37. The maximum Gasteiger partial charge on any atom is 0.191 e. The van der Waals surface area contributed by atoms with Gasteiger partial charge in [-0.1, -0.05) is 20.8 Å². The van der Waals surface area contributed by atoms with E-state index in [4.69, 9.17) is 0 Å². The molecule has 2 rings (SSSR count). The second kappa shape index (κ2) is 9.67. The van der Waals surface area contributed by atoms with Crippen molar-refractivity contribution in [2.24, 2.45) is 4.99 Å². The summed E-state index contributed by atoms with van der Waals surface area (Å²) < 4.78 is 0. The van der Waals surface area contributed by atoms with Crippen LogP contribution in [0.2, 0.25) is 0 Å². The molecule has 8 heteroatoms. The predicted octanol–water partition coefficient (Wildman–Crippen LogP) is 3.73. The Morgan fingerprint density at radius 1 is 1.17 bits per heavy atom. The number of aryl methyl sites for hydroxylation is 1. The lowest BCUT2D eigenvalue weighted by molar-refractivity contribution is 0.570. The Morgan fingerprint density at radius 2 is 1.92 bits per heavy atom. The lowest BCUT2D eigenvalue weighted by atomic mass is 9.93. The second-order valence-corrected chi connectivity index (χ2v) is 8.34. The van der Waals surface area contributed by atoms with Crippen molar-refractivity contribution in [3.8, 4) is 0 Å². The van der Waals surface area contributed by atoms with Crippen LogP contribution in [0.4, 0.5) is 0 Å². The van der Waals surface area contributed by atoms with E-state index < -0.39 is 0 Å². The molecule has 2 heterocycles. The van der Waals surface area contributed by atoms with E-state index in [1.54, 1.807) is 29.7 Å². The monoisotopic (exact) mass is 479 g/mol. The number of halogens is 1. The van der Waals surface area contributed by atoms with Crippen molar-refractivity contribution in [1.29, 1.82) is 0 Å². The Hall–Kier alpha value is -0.740. The topological polar surface area (TPSA) is 62.2 Å². The van der Waals surface area contributed by atoms with Crippen molar-refractivity contribution in [2.75, 3.05) is 13.6 Å². The third kappa shape index (κ3) is 6.64. The number of hydrogen-bond acceptors (Lipinski definition) is 5. The van der Waals surface area contributed by atoms with Gasteiger partial charge < -0.3 is 10.6 Å². The van der Waals surface area contributed by atoms with Gasteiger partial charge in [-0.05, 0) is 6.92 Å². The highest BCUT2D eigenvalue weighted by atomic mass is 127. The van der Waals surface area contributed by atoms with Gasteiger partial charge in [-0.2, -0.15) is 0 Å². The van der Waals surface area contributed by atoms with E-state index in [9.17, 15) is 0 Å². The van der Waals surface area contributed by atoms with Crippen LogP contribution in [-0.4, -0.2) is 29.5 Å². The van der Waals surface area contributed by atoms with Gasteiger partial charge in [-0.25, -0.2) is 9.97 Å². The lowest BCUT2D eigenvalue weighted by Gasteiger charge is -2.14. The van der Waals surface area contributed by atoms with E-state index in [-0.39, 0.29) is 29.4 Å². The number of hydrogen-bond donors (Lipinski definition) is 2. The number of nitrogens with zero attached hydrogens (tertiary/aromatic N) is 3. The van der Waals surface area contributed by atoms with Crippen molar-refractivity contribution in [1.82, 2.24) is 20.6 Å². The number of nitrogens with one attached hydrogen (secondary N) is 2. The van der Waals surface area contributed by atoms with Crippen LogP contribution in [0.25, 0.3) is 0 Å². The highest BCUT2D eigenvalue weighted by Crippen LogP contribution is 2.23. The third-order valence-electron chi connectivity index (χ3n) is 3.29. The van der Waals surface area contributed by atoms with Crippen LogP contribution in [-0.2, 0) is 18.4 Å². The summed E-state index contributed by atoms with van der Waals surface area (Å²) in [6, 6.07) is 0. The summed E-state index contributed by atoms with van der Waals surface area (Å²) in [7, 11) is 1.78. The Bertz CT molecular complexity index is 657. The first-order valence-corrected chi connectivity index (χ1v) is 9.45. The second-order valence-electron chi connectivity index (χ2n) is 6.34. The molecule has 0 saturated carbocycles. The summed E-state index contributed by atoms with van der Waals surface area (Å²) in [5.74, 6) is 0.796. The Morgan fingerprint density at radius 3 is 2.46 bits per heavy atom. The molecule has 0 aliphatic rings. The fourth-order valence-electron chi connectivity index (χ4n) is 1.95. The summed E-state index contributed by atoms with van der Waals surface area (Å²) in [6.45, 7) is 10.1. The van der Waals surface area contributed by atoms with Crippen molar-refractivity contribution >= 4 is 52.6 Å². The minimum atomic E-state index is 0. The number of rotatable bonds is 5. The Balaban J connectivity index is 0.00000288. The van der Waals surface area contributed by atoms with E-state index in [0.29, 0.717) is 6.54 Å². The average Bonchev–Trinajstić information content (AvgIpc) is 3.11. The van der Waals surface area contributed by atoms with Gasteiger partial charge in [0.2, 0.25) is 0 Å². The van der Waals surface area contributed by atoms with Gasteiger partial charge in [0, 0.05) is 36.2 Å². The molecular weight excluding hydrogens is 453 g/mol. The number of thiazole rings is 2. The fourth-order valence-corrected chi connectivity index (χ4v) is 3.56. The average molecular weight is 479 g/mol. The van der Waals surface area contributed by atoms with Gasteiger partial charge in [0.05, 0.1) is 22.9 Å². The summed E-state index contributed by atoms with van der Waals surface area (Å²) in [4.78, 5) is 13.4. The number of aliphatic imine (C=N–C) groups is 1. The van der Waals surface area contributed by atoms with Crippen molar-refractivity contribution in [3.63, 3.8) is 0 Å². The van der Waals surface area contributed by atoms with E-state index in [1.807, 2.05) is 6.92 Å². The zero-order valence-corrected chi connectivity index (χ0v) is 18.8. The van der Waals surface area contributed by atoms with Crippen molar-refractivity contribution in [3.05, 3.63) is 32.2 Å². The number of guanidine groups is 1. The van der Waals surface area contributed by atoms with Gasteiger partial charge >= 0.3 is 0 Å². The van der Waals surface area contributed by atoms with Crippen LogP contribution in [0.1, 0.15) is 42.2 Å². The van der Waals surface area contributed by atoms with E-state index in [0.717, 1.165) is 40.3 Å². The molecule has 24 heavy (non-hydrogen) atoms. The maximum atomic E-state index is 4.68. The quantitative estimate of drug-likeness (QED) is 0.390. The van der Waals surface area contributed by atoms with Crippen LogP contribution in [0.15, 0.2) is 15.8 Å². The molecule has 0 fully saturated rings. The van der Waals surface area contributed by atoms with Gasteiger partial charge in [-0.3, -0.25) is 4.99 Å². The summed E-state index contributed by atoms with van der Waals surface area (Å²) in [5, 5.41) is 13.1. The molecule has 0 saturated heterocycles. The highest BCUT2D eigenvalue weighted by molar-refractivity contribution is 14.0. The Kier molecular flexibility index (Phi) is 8.58. The fraction of sp³-hybridized carbons (Fsp3) is 0.562. The first kappa shape index (κ1) is 21.3. The molecule has 0 unspecified atom stereocenters. The standard InChI is InChI=1S/C16H25N5S2.HI/c1-11-20-12(9-22-11)6-7-18-15(17-5)19-8-14-21-13(10-23-14)16(2,3)4;/h9-10H,6-8H2,1-5H3,(H2,17,18,19);1H. The molecule has 0 aromatic carbocycles. The zero-order chi connectivity index (χ0) is 16.9. The molecule has 2 aromatic rings. The van der Waals surface area contributed by atoms with Gasteiger partial charge in [0.15, 0.2) is 5.96 Å². The molecule has 0 spiro atoms. The molecular formula is C16H26IN5S2. The molecule has 0 bridgehead atoms. The SMILES string of the molecule is CN=C(NCCc1csc(C)n1)NCc1nc(C(C)(C)C)cs1.I. The Labute approximate surface area is 169 Å². The van der Waals surface area contributed by atoms with E-state index in [2.05, 4.69) is 57.1 Å². The van der Waals surface area contributed by atoms with Gasteiger partial charge in [0.1, 0.15) is 5.01 Å². The molecule has 2 N–H and O–H groups in total. The minimum absolute atomic E-state index is 0. The molecule has 0 radical (unpaired) electrons. The van der Waals surface area contributed by atoms with Crippen LogP contribution in [0.5, 0.6) is 0 Å². The van der Waals surface area contributed by atoms with Crippen molar-refractivity contribution < 1.29 is 0 Å². The van der Waals surface area contributed by atoms with E-state index in [1.165, 1.54) is 0 Å². The van der Waals surface area contributed by atoms with E-state index >= 15 is 0 Å². The van der Waals surface area contributed by atoms with Gasteiger partial charge in [-0.15, -0.1) is 46.7 Å². The molecule has 134 valence electrons. The summed E-state index contributed by atoms with van der Waals surface area (Å²) >= 11 is 3.38. The van der Waals surface area contributed by atoms with Crippen LogP contribution in [0, 0.1) is 6.92 Å². The highest BCUT2D eigenvalue weighted by Gasteiger charge is 2.17. The van der Waals surface area contributed by atoms with Crippen molar-refractivity contribution in [2.45, 2.75) is 46.1 Å². The molecule has 5 nitrogen and oxygen atoms in total. The molecule has 0 amide bonds. The predicted molar refractivity (Wildman–Crippen MR) is 115 cm³/mol. The largest absolute Gasteiger partial charge is 0.356 e. The third-order valence-corrected chi connectivity index (χ3v) is 4.96. The normalized spacial score (nSPS) is 12.0. The molecule has 0 aliphatic carbocycles. The maximum absolute atomic E-state index is 4.68. The van der Waals surface area contributed by atoms with Crippen LogP contribution < -0.4 is 10.6 Å². The van der Waals surface area contributed by atoms with Crippen LogP contribution in [0.3, 0.4) is 0 Å². The first-order chi connectivity index (χ1) is 10.9. The van der Waals surface area contributed by atoms with Gasteiger partial charge in [0.25, 0.3) is 0 Å². The molecule has 0 aliphatic heterocycles. The first-order valence-electron chi connectivity index (χ1n) is 7.69. The number of aromatic nitrogens is 2.